The normalized spacial score (nSPS) is 10.3. The number of carbonyl (C=O) groups is 1. The second-order valence-corrected chi connectivity index (χ2v) is 4.46. The van der Waals surface area contributed by atoms with E-state index >= 15 is 0 Å². The van der Waals surface area contributed by atoms with Crippen molar-refractivity contribution in [2.45, 2.75) is 6.61 Å². The van der Waals surface area contributed by atoms with Crippen LogP contribution < -0.4 is 5.73 Å². The molecule has 20 heavy (non-hydrogen) atoms. The van der Waals surface area contributed by atoms with Crippen LogP contribution in [0.3, 0.4) is 0 Å². The third kappa shape index (κ3) is 3.24. The number of nitrogen functional groups attached to an aromatic ring is 1. The highest BCUT2D eigenvalue weighted by atomic mass is 35.5. The maximum Gasteiger partial charge on any atom is 0.340 e. The van der Waals surface area contributed by atoms with Crippen LogP contribution in [0.2, 0.25) is 5.02 Å². The highest BCUT2D eigenvalue weighted by molar-refractivity contribution is 6.30. The van der Waals surface area contributed by atoms with Crippen LogP contribution in [-0.2, 0) is 11.3 Å². The van der Waals surface area contributed by atoms with Crippen LogP contribution in [0.4, 0.5) is 14.5 Å². The van der Waals surface area contributed by atoms with Crippen LogP contribution in [0.1, 0.15) is 15.9 Å². The molecule has 2 aromatic rings. The number of esters is 1. The van der Waals surface area contributed by atoms with Gasteiger partial charge in [-0.1, -0.05) is 17.7 Å². The van der Waals surface area contributed by atoms with E-state index in [0.29, 0.717) is 5.56 Å². The molecule has 0 atom stereocenters. The first-order chi connectivity index (χ1) is 9.47. The van der Waals surface area contributed by atoms with E-state index in [9.17, 15) is 13.6 Å². The van der Waals surface area contributed by atoms with Crippen molar-refractivity contribution in [3.63, 3.8) is 0 Å². The third-order valence-corrected chi connectivity index (χ3v) is 2.90. The molecule has 0 bridgehead atoms. The van der Waals surface area contributed by atoms with Crippen molar-refractivity contribution < 1.29 is 18.3 Å². The number of halogens is 3. The summed E-state index contributed by atoms with van der Waals surface area (Å²) in [5.74, 6) is -1.98. The van der Waals surface area contributed by atoms with E-state index in [1.165, 1.54) is 18.2 Å². The maximum atomic E-state index is 13.2. The van der Waals surface area contributed by atoms with Crippen LogP contribution in [0.25, 0.3) is 0 Å². The summed E-state index contributed by atoms with van der Waals surface area (Å²) in [7, 11) is 0. The van der Waals surface area contributed by atoms with Gasteiger partial charge in [-0.05, 0) is 35.9 Å². The summed E-state index contributed by atoms with van der Waals surface area (Å²) in [6, 6.07) is 7.43. The topological polar surface area (TPSA) is 52.3 Å². The number of hydrogen-bond donors (Lipinski definition) is 1. The number of rotatable bonds is 3. The van der Waals surface area contributed by atoms with Gasteiger partial charge in [-0.2, -0.15) is 0 Å². The second kappa shape index (κ2) is 5.88. The molecule has 0 unspecified atom stereocenters. The molecule has 0 radical (unpaired) electrons. The zero-order chi connectivity index (χ0) is 14.7. The van der Waals surface area contributed by atoms with Crippen LogP contribution in [0.5, 0.6) is 0 Å². The van der Waals surface area contributed by atoms with Crippen molar-refractivity contribution in [3.05, 3.63) is 64.2 Å². The fraction of sp³-hybridized carbons (Fsp3) is 0.0714. The Bertz CT molecular complexity index is 662. The molecular weight excluding hydrogens is 288 g/mol. The molecule has 0 fully saturated rings. The van der Waals surface area contributed by atoms with Crippen molar-refractivity contribution in [2.24, 2.45) is 0 Å². The lowest BCUT2D eigenvalue weighted by molar-refractivity contribution is 0.0473. The maximum absolute atomic E-state index is 13.2. The monoisotopic (exact) mass is 297 g/mol. The lowest BCUT2D eigenvalue weighted by atomic mass is 10.2. The van der Waals surface area contributed by atoms with Gasteiger partial charge in [0, 0.05) is 5.69 Å². The zero-order valence-corrected chi connectivity index (χ0v) is 11.0. The average Bonchev–Trinajstić information content (AvgIpc) is 2.42. The fourth-order valence-electron chi connectivity index (χ4n) is 1.56. The van der Waals surface area contributed by atoms with E-state index in [1.807, 2.05) is 0 Å². The van der Waals surface area contributed by atoms with Gasteiger partial charge in [0.25, 0.3) is 0 Å². The Hall–Kier alpha value is -2.14. The van der Waals surface area contributed by atoms with Crippen molar-refractivity contribution in [1.82, 2.24) is 0 Å². The summed E-state index contributed by atoms with van der Waals surface area (Å²) in [6.45, 7) is -0.164. The number of nitrogens with two attached hydrogens (primary N) is 1. The summed E-state index contributed by atoms with van der Waals surface area (Å²) in [5.41, 5.74) is 6.02. The summed E-state index contributed by atoms with van der Waals surface area (Å²) in [5, 5.41) is -0.0190. The Morgan fingerprint density at radius 2 is 1.95 bits per heavy atom. The fourth-order valence-corrected chi connectivity index (χ4v) is 1.68. The quantitative estimate of drug-likeness (QED) is 0.696. The smallest absolute Gasteiger partial charge is 0.340 e. The van der Waals surface area contributed by atoms with Crippen LogP contribution in [0.15, 0.2) is 36.4 Å². The largest absolute Gasteiger partial charge is 0.457 e. The first-order valence-corrected chi connectivity index (χ1v) is 6.01. The van der Waals surface area contributed by atoms with E-state index in [1.54, 1.807) is 0 Å². The highest BCUT2D eigenvalue weighted by Crippen LogP contribution is 2.18. The molecule has 0 aliphatic carbocycles. The number of anilines is 1. The van der Waals surface area contributed by atoms with Crippen LogP contribution in [0, 0.1) is 11.6 Å². The highest BCUT2D eigenvalue weighted by Gasteiger charge is 2.13. The predicted octanol–water partition coefficient (Wildman–Crippen LogP) is 3.56. The Morgan fingerprint density at radius 1 is 1.20 bits per heavy atom. The van der Waals surface area contributed by atoms with Gasteiger partial charge in [-0.25, -0.2) is 13.6 Å². The third-order valence-electron chi connectivity index (χ3n) is 2.59. The summed E-state index contributed by atoms with van der Waals surface area (Å²) in [6.07, 6.45) is 0. The molecule has 0 saturated heterocycles. The number of carbonyl (C=O) groups excluding carboxylic acids is 1. The van der Waals surface area contributed by atoms with Gasteiger partial charge in [0.15, 0.2) is 0 Å². The van der Waals surface area contributed by atoms with Gasteiger partial charge in [0.1, 0.15) is 18.2 Å². The second-order valence-electron chi connectivity index (χ2n) is 4.06. The van der Waals surface area contributed by atoms with Crippen molar-refractivity contribution in [1.29, 1.82) is 0 Å². The van der Waals surface area contributed by atoms with Gasteiger partial charge in [0.2, 0.25) is 0 Å². The van der Waals surface area contributed by atoms with Crippen LogP contribution in [-0.4, -0.2) is 5.97 Å². The Morgan fingerprint density at radius 3 is 2.65 bits per heavy atom. The molecule has 0 spiro atoms. The minimum Gasteiger partial charge on any atom is -0.457 e. The first-order valence-electron chi connectivity index (χ1n) is 5.63. The molecular formula is C14H10ClF2NO2. The van der Waals surface area contributed by atoms with Gasteiger partial charge < -0.3 is 10.5 Å². The molecule has 0 saturated carbocycles. The summed E-state index contributed by atoms with van der Waals surface area (Å²) >= 11 is 5.54. The molecule has 2 rings (SSSR count). The minimum absolute atomic E-state index is 0.0190. The minimum atomic E-state index is -0.780. The summed E-state index contributed by atoms with van der Waals surface area (Å²) < 4.78 is 31.2. The molecule has 2 aromatic carbocycles. The molecule has 0 aliphatic heterocycles. The molecule has 104 valence electrons. The Labute approximate surface area is 118 Å². The standard InChI is InChI=1S/C14H10ClF2NO2/c15-11-3-1-8(5-12(11)17)7-20-14(19)10-6-9(16)2-4-13(10)18/h1-6H,7,18H2. The lowest BCUT2D eigenvalue weighted by Crippen LogP contribution is -2.08. The predicted molar refractivity (Wildman–Crippen MR) is 71.3 cm³/mol. The number of hydrogen-bond acceptors (Lipinski definition) is 3. The van der Waals surface area contributed by atoms with E-state index in [-0.39, 0.29) is 22.9 Å². The Balaban J connectivity index is 2.08. The van der Waals surface area contributed by atoms with Gasteiger partial charge in [0.05, 0.1) is 10.6 Å². The molecule has 0 heterocycles. The zero-order valence-electron chi connectivity index (χ0n) is 10.2. The average molecular weight is 298 g/mol. The Kier molecular flexibility index (Phi) is 4.20. The van der Waals surface area contributed by atoms with Gasteiger partial charge in [-0.15, -0.1) is 0 Å². The first kappa shape index (κ1) is 14.3. The number of benzene rings is 2. The van der Waals surface area contributed by atoms with Gasteiger partial charge >= 0.3 is 5.97 Å². The molecule has 0 aromatic heterocycles. The molecule has 0 amide bonds. The van der Waals surface area contributed by atoms with E-state index in [0.717, 1.165) is 18.2 Å². The summed E-state index contributed by atoms with van der Waals surface area (Å²) in [4.78, 5) is 11.8. The molecule has 3 nitrogen and oxygen atoms in total. The van der Waals surface area contributed by atoms with Crippen molar-refractivity contribution in [3.8, 4) is 0 Å². The van der Waals surface area contributed by atoms with E-state index in [2.05, 4.69) is 0 Å². The number of ether oxygens (including phenoxy) is 1. The molecule has 0 aliphatic rings. The lowest BCUT2D eigenvalue weighted by Gasteiger charge is -2.07. The van der Waals surface area contributed by atoms with Crippen LogP contribution >= 0.6 is 11.6 Å². The SMILES string of the molecule is Nc1ccc(F)cc1C(=O)OCc1ccc(Cl)c(F)c1. The van der Waals surface area contributed by atoms with Crippen molar-refractivity contribution >= 4 is 23.3 Å². The van der Waals surface area contributed by atoms with E-state index in [4.69, 9.17) is 22.1 Å². The van der Waals surface area contributed by atoms with Crippen molar-refractivity contribution in [2.75, 3.05) is 5.73 Å². The molecule has 6 heteroatoms. The van der Waals surface area contributed by atoms with Gasteiger partial charge in [-0.3, -0.25) is 0 Å². The van der Waals surface area contributed by atoms with E-state index < -0.39 is 17.6 Å². The molecule has 2 N–H and O–H groups in total.